The molecule has 1 aliphatic rings. The lowest BCUT2D eigenvalue weighted by molar-refractivity contribution is 0.0958. The van der Waals surface area contributed by atoms with E-state index in [-0.39, 0.29) is 11.7 Å². The first kappa shape index (κ1) is 10.4. The average Bonchev–Trinajstić information content (AvgIpc) is 3.07. The second-order valence-electron chi connectivity index (χ2n) is 4.65. The van der Waals surface area contributed by atoms with Gasteiger partial charge in [0.2, 0.25) is 0 Å². The standard InChI is InChI=1S/C13H10N4O2/c18-11-5-8(12-2-1-3-19-12)4-10-9(11)6-17-13(16-10)14-7-15-17/h1-3,6-8H,4-5H2. The van der Waals surface area contributed by atoms with Gasteiger partial charge in [0.05, 0.1) is 17.5 Å². The lowest BCUT2D eigenvalue weighted by atomic mass is 9.85. The molecule has 94 valence electrons. The monoisotopic (exact) mass is 254 g/mol. The minimum absolute atomic E-state index is 0.0628. The van der Waals surface area contributed by atoms with Gasteiger partial charge < -0.3 is 4.42 Å². The van der Waals surface area contributed by atoms with E-state index in [1.807, 2.05) is 12.1 Å². The average molecular weight is 254 g/mol. The molecule has 4 rings (SSSR count). The second kappa shape index (κ2) is 3.74. The summed E-state index contributed by atoms with van der Waals surface area (Å²) in [5, 5.41) is 4.00. The van der Waals surface area contributed by atoms with E-state index in [0.717, 1.165) is 11.5 Å². The number of hydrogen-bond donors (Lipinski definition) is 0. The van der Waals surface area contributed by atoms with Crippen molar-refractivity contribution >= 4 is 11.6 Å². The van der Waals surface area contributed by atoms with E-state index < -0.39 is 0 Å². The van der Waals surface area contributed by atoms with E-state index in [9.17, 15) is 4.79 Å². The van der Waals surface area contributed by atoms with Gasteiger partial charge in [-0.1, -0.05) is 0 Å². The van der Waals surface area contributed by atoms with Crippen LogP contribution < -0.4 is 0 Å². The lowest BCUT2D eigenvalue weighted by Gasteiger charge is -2.20. The summed E-state index contributed by atoms with van der Waals surface area (Å²) < 4.78 is 6.93. The molecular formula is C13H10N4O2. The molecule has 19 heavy (non-hydrogen) atoms. The van der Waals surface area contributed by atoms with Crippen molar-refractivity contribution in [1.82, 2.24) is 19.6 Å². The van der Waals surface area contributed by atoms with Crippen LogP contribution in [0.25, 0.3) is 5.78 Å². The highest BCUT2D eigenvalue weighted by Gasteiger charge is 2.29. The molecule has 3 aromatic heterocycles. The van der Waals surface area contributed by atoms with Crippen molar-refractivity contribution in [2.75, 3.05) is 0 Å². The quantitative estimate of drug-likeness (QED) is 0.660. The zero-order chi connectivity index (χ0) is 12.8. The molecule has 0 spiro atoms. The SMILES string of the molecule is O=C1CC(c2ccco2)Cc2nc3ncnn3cc21. The fourth-order valence-corrected chi connectivity index (χ4v) is 2.55. The molecule has 0 saturated carbocycles. The van der Waals surface area contributed by atoms with E-state index in [0.29, 0.717) is 24.2 Å². The van der Waals surface area contributed by atoms with Gasteiger partial charge in [-0.15, -0.1) is 0 Å². The Hall–Kier alpha value is -2.50. The largest absolute Gasteiger partial charge is 0.469 e. The summed E-state index contributed by atoms with van der Waals surface area (Å²) in [5.74, 6) is 1.49. The smallest absolute Gasteiger partial charge is 0.252 e. The fraction of sp³-hybridized carbons (Fsp3) is 0.231. The summed E-state index contributed by atoms with van der Waals surface area (Å²) >= 11 is 0. The number of fused-ring (bicyclic) bond motifs is 2. The summed E-state index contributed by atoms with van der Waals surface area (Å²) in [6.07, 6.45) is 5.92. The molecule has 0 fully saturated rings. The first-order valence-electron chi connectivity index (χ1n) is 6.07. The van der Waals surface area contributed by atoms with Gasteiger partial charge in [0.1, 0.15) is 12.1 Å². The first-order valence-corrected chi connectivity index (χ1v) is 6.07. The van der Waals surface area contributed by atoms with Crippen molar-refractivity contribution in [2.45, 2.75) is 18.8 Å². The highest BCUT2D eigenvalue weighted by Crippen LogP contribution is 2.31. The molecule has 6 nitrogen and oxygen atoms in total. The Kier molecular flexibility index (Phi) is 2.05. The molecule has 0 aliphatic heterocycles. The minimum atomic E-state index is 0.0628. The number of aromatic nitrogens is 4. The summed E-state index contributed by atoms with van der Waals surface area (Å²) in [7, 11) is 0. The molecule has 0 bridgehead atoms. The normalized spacial score (nSPS) is 18.7. The fourth-order valence-electron chi connectivity index (χ4n) is 2.55. The molecule has 1 atom stereocenters. The third-order valence-corrected chi connectivity index (χ3v) is 3.47. The molecule has 0 aromatic carbocycles. The predicted octanol–water partition coefficient (Wildman–Crippen LogP) is 1.63. The Morgan fingerprint density at radius 3 is 3.16 bits per heavy atom. The minimum Gasteiger partial charge on any atom is -0.469 e. The summed E-state index contributed by atoms with van der Waals surface area (Å²) in [6.45, 7) is 0. The number of ketones is 1. The third kappa shape index (κ3) is 1.56. The lowest BCUT2D eigenvalue weighted by Crippen LogP contribution is -2.21. The molecule has 0 saturated heterocycles. The Balaban J connectivity index is 1.82. The Morgan fingerprint density at radius 2 is 2.32 bits per heavy atom. The number of nitrogens with zero attached hydrogens (tertiary/aromatic N) is 4. The molecule has 1 unspecified atom stereocenters. The molecule has 0 N–H and O–H groups in total. The van der Waals surface area contributed by atoms with E-state index in [4.69, 9.17) is 4.42 Å². The highest BCUT2D eigenvalue weighted by atomic mass is 16.3. The van der Waals surface area contributed by atoms with Gasteiger partial charge in [0.15, 0.2) is 5.78 Å². The molecular weight excluding hydrogens is 244 g/mol. The number of rotatable bonds is 1. The van der Waals surface area contributed by atoms with E-state index in [1.54, 1.807) is 12.5 Å². The van der Waals surface area contributed by atoms with E-state index in [2.05, 4.69) is 15.1 Å². The third-order valence-electron chi connectivity index (χ3n) is 3.47. The number of hydrogen-bond acceptors (Lipinski definition) is 5. The van der Waals surface area contributed by atoms with Crippen molar-refractivity contribution in [3.8, 4) is 0 Å². The van der Waals surface area contributed by atoms with Gasteiger partial charge in [0.25, 0.3) is 5.78 Å². The van der Waals surface area contributed by atoms with Crippen LogP contribution in [-0.2, 0) is 6.42 Å². The second-order valence-corrected chi connectivity index (χ2v) is 4.65. The molecule has 1 aliphatic carbocycles. The molecule has 6 heteroatoms. The number of carbonyl (C=O) groups is 1. The maximum atomic E-state index is 12.2. The summed E-state index contributed by atoms with van der Waals surface area (Å²) in [6, 6.07) is 3.74. The predicted molar refractivity (Wildman–Crippen MR) is 64.9 cm³/mol. The molecule has 3 aromatic rings. The van der Waals surface area contributed by atoms with Crippen LogP contribution in [0.4, 0.5) is 0 Å². The van der Waals surface area contributed by atoms with Gasteiger partial charge in [-0.3, -0.25) is 4.79 Å². The van der Waals surface area contributed by atoms with Crippen molar-refractivity contribution in [1.29, 1.82) is 0 Å². The zero-order valence-electron chi connectivity index (χ0n) is 9.98. The van der Waals surface area contributed by atoms with Crippen molar-refractivity contribution in [3.63, 3.8) is 0 Å². The van der Waals surface area contributed by atoms with E-state index in [1.165, 1.54) is 10.8 Å². The Bertz CT molecular complexity index is 760. The molecule has 0 amide bonds. The Morgan fingerprint density at radius 1 is 1.37 bits per heavy atom. The maximum Gasteiger partial charge on any atom is 0.252 e. The number of Topliss-reactive ketones (excluding diaryl/α,β-unsaturated/α-hetero) is 1. The highest BCUT2D eigenvalue weighted by molar-refractivity contribution is 5.98. The van der Waals surface area contributed by atoms with Crippen LogP contribution in [0.2, 0.25) is 0 Å². The number of furan rings is 1. The molecule has 0 radical (unpaired) electrons. The van der Waals surface area contributed by atoms with Crippen LogP contribution >= 0.6 is 0 Å². The van der Waals surface area contributed by atoms with Crippen molar-refractivity contribution < 1.29 is 9.21 Å². The molecule has 3 heterocycles. The summed E-state index contributed by atoms with van der Waals surface area (Å²) in [5.41, 5.74) is 1.42. The van der Waals surface area contributed by atoms with Gasteiger partial charge in [-0.25, -0.2) is 9.50 Å². The van der Waals surface area contributed by atoms with Gasteiger partial charge >= 0.3 is 0 Å². The van der Waals surface area contributed by atoms with Crippen LogP contribution in [0.1, 0.15) is 34.2 Å². The first-order chi connectivity index (χ1) is 9.31. The van der Waals surface area contributed by atoms with Crippen molar-refractivity contribution in [2.24, 2.45) is 0 Å². The van der Waals surface area contributed by atoms with Gasteiger partial charge in [-0.05, 0) is 12.1 Å². The Labute approximate surface area is 108 Å². The van der Waals surface area contributed by atoms with Crippen LogP contribution in [0.3, 0.4) is 0 Å². The van der Waals surface area contributed by atoms with Crippen LogP contribution in [-0.4, -0.2) is 25.4 Å². The van der Waals surface area contributed by atoms with Crippen molar-refractivity contribution in [3.05, 3.63) is 47.9 Å². The number of carbonyl (C=O) groups excluding carboxylic acids is 1. The zero-order valence-corrected chi connectivity index (χ0v) is 9.98. The van der Waals surface area contributed by atoms with Crippen LogP contribution in [0, 0.1) is 0 Å². The van der Waals surface area contributed by atoms with E-state index >= 15 is 0 Å². The maximum absolute atomic E-state index is 12.2. The van der Waals surface area contributed by atoms with Gasteiger partial charge in [0, 0.05) is 25.0 Å². The van der Waals surface area contributed by atoms with Crippen LogP contribution in [0.15, 0.2) is 35.3 Å². The topological polar surface area (TPSA) is 73.3 Å². The van der Waals surface area contributed by atoms with Crippen LogP contribution in [0.5, 0.6) is 0 Å². The summed E-state index contributed by atoms with van der Waals surface area (Å²) in [4.78, 5) is 20.7. The van der Waals surface area contributed by atoms with Gasteiger partial charge in [-0.2, -0.15) is 10.1 Å².